The van der Waals surface area contributed by atoms with E-state index >= 15 is 0 Å². The zero-order valence-electron chi connectivity index (χ0n) is 18.8. The smallest absolute Gasteiger partial charge is 0.264 e. The number of nitrogens with zero attached hydrogens (tertiary/aromatic N) is 1. The Labute approximate surface area is 186 Å². The van der Waals surface area contributed by atoms with Crippen molar-refractivity contribution in [2.24, 2.45) is 5.92 Å². The van der Waals surface area contributed by atoms with Crippen LogP contribution in [0.2, 0.25) is 0 Å². The van der Waals surface area contributed by atoms with E-state index in [2.05, 4.69) is 19.2 Å². The maximum absolute atomic E-state index is 13.5. The Morgan fingerprint density at radius 2 is 1.61 bits per heavy atom. The molecule has 0 atom stereocenters. The fourth-order valence-electron chi connectivity index (χ4n) is 4.01. The van der Waals surface area contributed by atoms with Crippen LogP contribution in [0, 0.1) is 12.8 Å². The van der Waals surface area contributed by atoms with E-state index < -0.39 is 10.0 Å². The predicted octanol–water partition coefficient (Wildman–Crippen LogP) is 5.01. The van der Waals surface area contributed by atoms with Crippen LogP contribution in [0.15, 0.2) is 53.4 Å². The van der Waals surface area contributed by atoms with Gasteiger partial charge in [0.25, 0.3) is 10.0 Å². The minimum Gasteiger partial charge on any atom is -0.354 e. The highest BCUT2D eigenvalue weighted by atomic mass is 32.2. The lowest BCUT2D eigenvalue weighted by molar-refractivity contribution is -0.119. The van der Waals surface area contributed by atoms with Crippen molar-refractivity contribution in [3.8, 4) is 0 Å². The van der Waals surface area contributed by atoms with Crippen LogP contribution in [-0.2, 0) is 14.8 Å². The summed E-state index contributed by atoms with van der Waals surface area (Å²) >= 11 is 0. The van der Waals surface area contributed by atoms with Crippen molar-refractivity contribution < 1.29 is 13.2 Å². The number of rotatable bonds is 8. The summed E-state index contributed by atoms with van der Waals surface area (Å²) in [6, 6.07) is 14.2. The van der Waals surface area contributed by atoms with Crippen molar-refractivity contribution in [3.05, 3.63) is 59.7 Å². The second-order valence-electron chi connectivity index (χ2n) is 8.88. The largest absolute Gasteiger partial charge is 0.354 e. The topological polar surface area (TPSA) is 66.5 Å². The second-order valence-corrected chi connectivity index (χ2v) is 10.7. The fraction of sp³-hybridized carbons (Fsp3) is 0.480. The first kappa shape index (κ1) is 23.3. The second kappa shape index (κ2) is 10.3. The van der Waals surface area contributed by atoms with Crippen LogP contribution >= 0.6 is 0 Å². The number of nitrogens with one attached hydrogen (secondary N) is 1. The molecule has 1 fully saturated rings. The third kappa shape index (κ3) is 6.10. The highest BCUT2D eigenvalue weighted by Crippen LogP contribution is 2.26. The lowest BCUT2D eigenvalue weighted by atomic mass is 9.89. The van der Waals surface area contributed by atoms with Gasteiger partial charge in [-0.25, -0.2) is 8.42 Å². The fourth-order valence-corrected chi connectivity index (χ4v) is 5.43. The molecule has 6 heteroatoms. The lowest BCUT2D eigenvalue weighted by Gasteiger charge is -2.26. The van der Waals surface area contributed by atoms with E-state index in [1.165, 1.54) is 23.6 Å². The summed E-state index contributed by atoms with van der Waals surface area (Å²) in [4.78, 5) is 12.9. The van der Waals surface area contributed by atoms with Crippen molar-refractivity contribution in [1.29, 1.82) is 0 Å². The zero-order valence-corrected chi connectivity index (χ0v) is 19.6. The molecule has 0 aliphatic heterocycles. The molecule has 0 bridgehead atoms. The third-order valence-corrected chi connectivity index (χ3v) is 7.84. The first-order chi connectivity index (χ1) is 14.8. The van der Waals surface area contributed by atoms with Gasteiger partial charge in [-0.2, -0.15) is 0 Å². The van der Waals surface area contributed by atoms with Crippen LogP contribution in [0.25, 0.3) is 0 Å². The molecule has 1 amide bonds. The van der Waals surface area contributed by atoms with E-state index in [-0.39, 0.29) is 17.3 Å². The van der Waals surface area contributed by atoms with E-state index in [4.69, 9.17) is 0 Å². The number of hydrogen-bond donors (Lipinski definition) is 1. The molecular formula is C25H34N2O3S. The molecule has 1 aliphatic rings. The van der Waals surface area contributed by atoms with Crippen molar-refractivity contribution in [2.75, 3.05) is 17.4 Å². The molecule has 0 heterocycles. The number of aryl methyl sites for hydroxylation is 1. The number of benzene rings is 2. The van der Waals surface area contributed by atoms with E-state index in [1.54, 1.807) is 36.4 Å². The summed E-state index contributed by atoms with van der Waals surface area (Å²) in [6.45, 7) is 6.48. The van der Waals surface area contributed by atoms with Crippen molar-refractivity contribution in [2.45, 2.75) is 63.7 Å². The summed E-state index contributed by atoms with van der Waals surface area (Å²) in [6.07, 6.45) is 5.93. The third-order valence-electron chi connectivity index (χ3n) is 6.06. The van der Waals surface area contributed by atoms with Gasteiger partial charge >= 0.3 is 0 Å². The number of sulfonamides is 1. The molecule has 1 saturated carbocycles. The average molecular weight is 443 g/mol. The molecule has 1 N–H and O–H groups in total. The van der Waals surface area contributed by atoms with Crippen molar-refractivity contribution in [1.82, 2.24) is 5.32 Å². The molecule has 3 rings (SSSR count). The Bertz CT molecular complexity index is 961. The lowest BCUT2D eigenvalue weighted by Crippen LogP contribution is -2.42. The van der Waals surface area contributed by atoms with Crippen LogP contribution in [0.1, 0.15) is 63.0 Å². The molecule has 2 aromatic rings. The van der Waals surface area contributed by atoms with E-state index in [0.29, 0.717) is 24.1 Å². The van der Waals surface area contributed by atoms with Crippen LogP contribution in [0.4, 0.5) is 5.69 Å². The number of anilines is 1. The predicted molar refractivity (Wildman–Crippen MR) is 126 cm³/mol. The Kier molecular flexibility index (Phi) is 7.76. The summed E-state index contributed by atoms with van der Waals surface area (Å²) in [5.41, 5.74) is 2.60. The number of carbonyl (C=O) groups is 1. The van der Waals surface area contributed by atoms with Crippen LogP contribution < -0.4 is 9.62 Å². The molecule has 0 aromatic heterocycles. The van der Waals surface area contributed by atoms with Crippen LogP contribution in [0.5, 0.6) is 0 Å². The van der Waals surface area contributed by atoms with Crippen LogP contribution in [0.3, 0.4) is 0 Å². The molecular weight excluding hydrogens is 408 g/mol. The van der Waals surface area contributed by atoms with Gasteiger partial charge in [0.2, 0.25) is 5.91 Å². The van der Waals surface area contributed by atoms with Gasteiger partial charge in [0, 0.05) is 6.54 Å². The highest BCUT2D eigenvalue weighted by Gasteiger charge is 2.27. The van der Waals surface area contributed by atoms with E-state index in [1.807, 2.05) is 19.1 Å². The van der Waals surface area contributed by atoms with E-state index in [9.17, 15) is 13.2 Å². The Hall–Kier alpha value is -2.34. The molecule has 0 spiro atoms. The van der Waals surface area contributed by atoms with Crippen LogP contribution in [-0.4, -0.2) is 27.4 Å². The summed E-state index contributed by atoms with van der Waals surface area (Å²) < 4.78 is 28.1. The van der Waals surface area contributed by atoms with Gasteiger partial charge in [-0.1, -0.05) is 62.9 Å². The molecule has 31 heavy (non-hydrogen) atoms. The normalized spacial score (nSPS) is 15.1. The van der Waals surface area contributed by atoms with Gasteiger partial charge in [-0.15, -0.1) is 0 Å². The molecule has 5 nitrogen and oxygen atoms in total. The monoisotopic (exact) mass is 442 g/mol. The number of amides is 1. The van der Waals surface area contributed by atoms with Gasteiger partial charge in [0.1, 0.15) is 6.54 Å². The standard InChI is InChI=1S/C25H34N2O3S/c1-19(2)22-11-13-23(14-12-22)27(31(29,30)24-15-9-20(3)10-16-24)18-25(28)26-17-21-7-5-4-6-8-21/h9-16,19,21H,4-8,17-18H2,1-3H3,(H,26,28). The first-order valence-electron chi connectivity index (χ1n) is 11.2. The zero-order chi connectivity index (χ0) is 22.4. The molecule has 1 aliphatic carbocycles. The molecule has 168 valence electrons. The minimum absolute atomic E-state index is 0.186. The minimum atomic E-state index is -3.87. The van der Waals surface area contributed by atoms with Gasteiger partial charge in [-0.3, -0.25) is 9.10 Å². The Morgan fingerprint density at radius 1 is 1.00 bits per heavy atom. The van der Waals surface area contributed by atoms with Gasteiger partial charge in [0.15, 0.2) is 0 Å². The molecule has 0 unspecified atom stereocenters. The average Bonchev–Trinajstić information content (AvgIpc) is 2.77. The van der Waals surface area contributed by atoms with Crippen molar-refractivity contribution in [3.63, 3.8) is 0 Å². The molecule has 0 radical (unpaired) electrons. The quantitative estimate of drug-likeness (QED) is 0.625. The Balaban J connectivity index is 1.82. The Morgan fingerprint density at radius 3 is 2.19 bits per heavy atom. The van der Waals surface area contributed by atoms with Gasteiger partial charge in [-0.05, 0) is 61.4 Å². The van der Waals surface area contributed by atoms with E-state index in [0.717, 1.165) is 24.0 Å². The van der Waals surface area contributed by atoms with Crippen molar-refractivity contribution >= 4 is 21.6 Å². The summed E-state index contributed by atoms with van der Waals surface area (Å²) in [5, 5.41) is 2.97. The molecule has 2 aromatic carbocycles. The summed E-state index contributed by atoms with van der Waals surface area (Å²) in [5.74, 6) is 0.564. The molecule has 0 saturated heterocycles. The maximum atomic E-state index is 13.5. The highest BCUT2D eigenvalue weighted by molar-refractivity contribution is 7.92. The first-order valence-corrected chi connectivity index (χ1v) is 12.7. The SMILES string of the molecule is Cc1ccc(S(=O)(=O)N(CC(=O)NCC2CCCCC2)c2ccc(C(C)C)cc2)cc1. The summed E-state index contributed by atoms with van der Waals surface area (Å²) in [7, 11) is -3.87. The van der Waals surface area contributed by atoms with Gasteiger partial charge in [0.05, 0.1) is 10.6 Å². The maximum Gasteiger partial charge on any atom is 0.264 e. The number of carbonyl (C=O) groups excluding carboxylic acids is 1. The number of hydrogen-bond acceptors (Lipinski definition) is 3. The van der Waals surface area contributed by atoms with Gasteiger partial charge < -0.3 is 5.32 Å².